The molecule has 2 aromatic heterocycles. The highest BCUT2D eigenvalue weighted by Gasteiger charge is 2.23. The van der Waals surface area contributed by atoms with Crippen molar-refractivity contribution >= 4 is 23.2 Å². The van der Waals surface area contributed by atoms with Gasteiger partial charge in [-0.25, -0.2) is 0 Å². The molecule has 146 valence electrons. The van der Waals surface area contributed by atoms with Gasteiger partial charge < -0.3 is 15.1 Å². The topological polar surface area (TPSA) is 71.3 Å². The molecule has 0 spiro atoms. The summed E-state index contributed by atoms with van der Waals surface area (Å²) in [5.74, 6) is -0.583. The largest absolute Gasteiger partial charge is 0.472 e. The molecule has 0 aliphatic heterocycles. The lowest BCUT2D eigenvalue weighted by Gasteiger charge is -2.21. The van der Waals surface area contributed by atoms with Gasteiger partial charge in [-0.2, -0.15) is 0 Å². The van der Waals surface area contributed by atoms with E-state index in [4.69, 9.17) is 4.42 Å². The smallest absolute Gasteiger partial charge is 0.255 e. The van der Waals surface area contributed by atoms with Gasteiger partial charge in [-0.3, -0.25) is 9.59 Å². The number of carbonyl (C=O) groups is 2. The lowest BCUT2D eigenvalue weighted by Crippen LogP contribution is -2.45. The molecule has 0 fully saturated rings. The van der Waals surface area contributed by atoms with E-state index in [0.717, 1.165) is 23.3 Å². The Morgan fingerprint density at radius 3 is 2.50 bits per heavy atom. The van der Waals surface area contributed by atoms with Crippen LogP contribution in [0.15, 0.2) is 64.8 Å². The summed E-state index contributed by atoms with van der Waals surface area (Å²) in [6, 6.07) is 12.9. The maximum atomic E-state index is 12.8. The molecule has 28 heavy (non-hydrogen) atoms. The number of thiophene rings is 1. The number of amides is 2. The Morgan fingerprint density at radius 2 is 1.89 bits per heavy atom. The van der Waals surface area contributed by atoms with Crippen LogP contribution >= 0.6 is 11.3 Å². The molecule has 0 saturated carbocycles. The molecule has 2 heterocycles. The van der Waals surface area contributed by atoms with Gasteiger partial charge in [-0.15, -0.1) is 11.3 Å². The minimum absolute atomic E-state index is 0.243. The zero-order valence-corrected chi connectivity index (χ0v) is 16.8. The van der Waals surface area contributed by atoms with E-state index < -0.39 is 6.04 Å². The number of carbonyl (C=O) groups excluding carboxylic acids is 2. The molecule has 0 aliphatic carbocycles. The van der Waals surface area contributed by atoms with Gasteiger partial charge in [0.15, 0.2) is 0 Å². The van der Waals surface area contributed by atoms with E-state index in [1.54, 1.807) is 24.3 Å². The molecule has 0 aliphatic rings. The first kappa shape index (κ1) is 19.9. The number of benzene rings is 1. The summed E-state index contributed by atoms with van der Waals surface area (Å²) in [7, 11) is 0. The number of furan rings is 1. The van der Waals surface area contributed by atoms with Crippen LogP contribution < -0.4 is 10.6 Å². The molecule has 0 saturated heterocycles. The first-order valence-corrected chi connectivity index (χ1v) is 10.2. The molecule has 0 bridgehead atoms. The van der Waals surface area contributed by atoms with E-state index in [1.165, 1.54) is 18.1 Å². The second-order valence-electron chi connectivity index (χ2n) is 6.66. The van der Waals surface area contributed by atoms with Gasteiger partial charge in [-0.1, -0.05) is 43.7 Å². The molecule has 3 rings (SSSR count). The fourth-order valence-corrected chi connectivity index (χ4v) is 3.75. The van der Waals surface area contributed by atoms with Gasteiger partial charge in [0.2, 0.25) is 5.91 Å². The molecule has 5 nitrogen and oxygen atoms in total. The molecule has 2 amide bonds. The van der Waals surface area contributed by atoms with Crippen LogP contribution in [-0.4, -0.2) is 17.9 Å². The third-order valence-electron chi connectivity index (χ3n) is 4.49. The van der Waals surface area contributed by atoms with Gasteiger partial charge in [0, 0.05) is 4.88 Å². The number of nitrogens with one attached hydrogen (secondary N) is 2. The molecule has 0 unspecified atom stereocenters. The summed E-state index contributed by atoms with van der Waals surface area (Å²) in [5, 5.41) is 7.76. The Labute approximate surface area is 168 Å². The Morgan fingerprint density at radius 1 is 1.11 bits per heavy atom. The average Bonchev–Trinajstić information content (AvgIpc) is 3.41. The summed E-state index contributed by atoms with van der Waals surface area (Å²) >= 11 is 1.59. The van der Waals surface area contributed by atoms with E-state index in [-0.39, 0.29) is 17.9 Å². The second kappa shape index (κ2) is 9.37. The van der Waals surface area contributed by atoms with Crippen molar-refractivity contribution in [2.24, 2.45) is 0 Å². The van der Waals surface area contributed by atoms with Crippen molar-refractivity contribution in [1.29, 1.82) is 0 Å². The van der Waals surface area contributed by atoms with Crippen molar-refractivity contribution in [2.45, 2.75) is 38.8 Å². The zero-order valence-electron chi connectivity index (χ0n) is 16.0. The van der Waals surface area contributed by atoms with Crippen LogP contribution in [0.2, 0.25) is 0 Å². The van der Waals surface area contributed by atoms with E-state index in [1.807, 2.05) is 17.5 Å². The first-order valence-electron chi connectivity index (χ1n) is 9.34. The van der Waals surface area contributed by atoms with E-state index >= 15 is 0 Å². The monoisotopic (exact) mass is 396 g/mol. The first-order chi connectivity index (χ1) is 13.6. The molecule has 3 aromatic rings. The van der Waals surface area contributed by atoms with Gasteiger partial charge in [0.1, 0.15) is 12.3 Å². The molecule has 2 atom stereocenters. The minimum atomic E-state index is -0.677. The van der Waals surface area contributed by atoms with Crippen molar-refractivity contribution < 1.29 is 14.0 Å². The fraction of sp³-hybridized carbons (Fsp3) is 0.273. The summed E-state index contributed by atoms with van der Waals surface area (Å²) < 4.78 is 4.92. The van der Waals surface area contributed by atoms with Crippen molar-refractivity contribution in [1.82, 2.24) is 10.6 Å². The molecular formula is C22H24N2O3S. The number of aryl methyl sites for hydroxylation is 1. The van der Waals surface area contributed by atoms with Crippen molar-refractivity contribution in [3.05, 3.63) is 81.9 Å². The Hall–Kier alpha value is -2.86. The normalized spacial score (nSPS) is 12.9. The zero-order chi connectivity index (χ0) is 19.9. The Bertz CT molecular complexity index is 887. The molecule has 1 aromatic carbocycles. The highest BCUT2D eigenvalue weighted by molar-refractivity contribution is 7.10. The molecule has 0 radical (unpaired) electrons. The summed E-state index contributed by atoms with van der Waals surface area (Å²) in [5.41, 5.74) is 2.69. The number of hydrogen-bond donors (Lipinski definition) is 2. The van der Waals surface area contributed by atoms with Crippen LogP contribution in [-0.2, 0) is 11.2 Å². The second-order valence-corrected chi connectivity index (χ2v) is 7.64. The highest BCUT2D eigenvalue weighted by atomic mass is 32.1. The van der Waals surface area contributed by atoms with Crippen LogP contribution in [0.5, 0.6) is 0 Å². The number of hydrogen-bond acceptors (Lipinski definition) is 4. The van der Waals surface area contributed by atoms with Gasteiger partial charge in [0.05, 0.1) is 17.9 Å². The third-order valence-corrected chi connectivity index (χ3v) is 5.43. The lowest BCUT2D eigenvalue weighted by molar-refractivity contribution is -0.123. The summed E-state index contributed by atoms with van der Waals surface area (Å²) in [4.78, 5) is 26.0. The quantitative estimate of drug-likeness (QED) is 0.596. The molecule has 2 N–H and O–H groups in total. The predicted molar refractivity (Wildman–Crippen MR) is 110 cm³/mol. The van der Waals surface area contributed by atoms with E-state index in [9.17, 15) is 9.59 Å². The summed E-state index contributed by atoms with van der Waals surface area (Å²) in [6.45, 7) is 3.82. The van der Waals surface area contributed by atoms with Crippen LogP contribution in [0.1, 0.15) is 52.7 Å². The highest BCUT2D eigenvalue weighted by Crippen LogP contribution is 2.26. The lowest BCUT2D eigenvalue weighted by atomic mass is 10.0. The average molecular weight is 397 g/mol. The molecular weight excluding hydrogens is 372 g/mol. The van der Waals surface area contributed by atoms with E-state index in [2.05, 4.69) is 41.8 Å². The van der Waals surface area contributed by atoms with Crippen LogP contribution in [0.25, 0.3) is 0 Å². The predicted octanol–water partition coefficient (Wildman–Crippen LogP) is 4.32. The standard InChI is InChI=1S/C22H24N2O3S/c1-3-5-16-7-9-17(10-8-16)20(19-6-4-13-28-19)24-21(25)15(2)23-22(26)18-11-12-27-14-18/h4,6-15,20H,3,5H2,1-2H3,(H,23,26)(H,24,25)/t15-,20+/m0/s1. The van der Waals surface area contributed by atoms with Crippen LogP contribution in [0.4, 0.5) is 0 Å². The van der Waals surface area contributed by atoms with Crippen molar-refractivity contribution in [3.8, 4) is 0 Å². The van der Waals surface area contributed by atoms with Gasteiger partial charge in [0.25, 0.3) is 5.91 Å². The Kier molecular flexibility index (Phi) is 6.66. The maximum Gasteiger partial charge on any atom is 0.255 e. The maximum absolute atomic E-state index is 12.8. The van der Waals surface area contributed by atoms with Crippen molar-refractivity contribution in [3.63, 3.8) is 0 Å². The van der Waals surface area contributed by atoms with Gasteiger partial charge >= 0.3 is 0 Å². The molecule has 6 heteroatoms. The van der Waals surface area contributed by atoms with Crippen molar-refractivity contribution in [2.75, 3.05) is 0 Å². The minimum Gasteiger partial charge on any atom is -0.472 e. The van der Waals surface area contributed by atoms with E-state index in [0.29, 0.717) is 5.56 Å². The van der Waals surface area contributed by atoms with Gasteiger partial charge in [-0.05, 0) is 42.0 Å². The third kappa shape index (κ3) is 4.89. The summed E-state index contributed by atoms with van der Waals surface area (Å²) in [6.07, 6.45) is 4.91. The Balaban J connectivity index is 1.72. The number of rotatable bonds is 8. The van der Waals surface area contributed by atoms with Crippen LogP contribution in [0, 0.1) is 0 Å². The SMILES string of the molecule is CCCc1ccc([C@@H](NC(=O)[C@H](C)NC(=O)c2ccoc2)c2cccs2)cc1. The fourth-order valence-electron chi connectivity index (χ4n) is 2.95. The van der Waals surface area contributed by atoms with Crippen LogP contribution in [0.3, 0.4) is 0 Å².